The lowest BCUT2D eigenvalue weighted by Gasteiger charge is -2.17. The van der Waals surface area contributed by atoms with Gasteiger partial charge in [0.05, 0.1) is 6.04 Å². The van der Waals surface area contributed by atoms with Gasteiger partial charge in [-0.15, -0.1) is 11.3 Å². The van der Waals surface area contributed by atoms with Crippen LogP contribution in [-0.2, 0) is 0 Å². The highest BCUT2D eigenvalue weighted by molar-refractivity contribution is 7.10. The molecule has 0 fully saturated rings. The molecule has 0 saturated heterocycles. The first-order valence-corrected chi connectivity index (χ1v) is 8.00. The Kier molecular flexibility index (Phi) is 5.35. The SMILES string of the molecule is CCCNc1cc(NC(CC)c2cccs2)nc(C)n1. The summed E-state index contributed by atoms with van der Waals surface area (Å²) in [5.41, 5.74) is 0. The summed E-state index contributed by atoms with van der Waals surface area (Å²) >= 11 is 1.78. The van der Waals surface area contributed by atoms with Crippen LogP contribution in [0.4, 0.5) is 11.6 Å². The van der Waals surface area contributed by atoms with E-state index in [1.165, 1.54) is 4.88 Å². The monoisotopic (exact) mass is 290 g/mol. The average molecular weight is 290 g/mol. The first-order chi connectivity index (χ1) is 9.72. The van der Waals surface area contributed by atoms with E-state index in [0.717, 1.165) is 36.8 Å². The summed E-state index contributed by atoms with van der Waals surface area (Å²) in [6.07, 6.45) is 2.11. The molecule has 1 atom stereocenters. The summed E-state index contributed by atoms with van der Waals surface area (Å²) in [7, 11) is 0. The Balaban J connectivity index is 2.13. The minimum Gasteiger partial charge on any atom is -0.370 e. The van der Waals surface area contributed by atoms with Gasteiger partial charge in [-0.2, -0.15) is 0 Å². The van der Waals surface area contributed by atoms with Gasteiger partial charge in [0.1, 0.15) is 17.5 Å². The van der Waals surface area contributed by atoms with Gasteiger partial charge in [0, 0.05) is 17.5 Å². The van der Waals surface area contributed by atoms with E-state index in [-0.39, 0.29) is 0 Å². The van der Waals surface area contributed by atoms with E-state index >= 15 is 0 Å². The zero-order valence-electron chi connectivity index (χ0n) is 12.3. The molecular weight excluding hydrogens is 268 g/mol. The second kappa shape index (κ2) is 7.24. The molecule has 2 aromatic heterocycles. The van der Waals surface area contributed by atoms with Crippen LogP contribution in [0.2, 0.25) is 0 Å². The van der Waals surface area contributed by atoms with E-state index in [2.05, 4.69) is 52.0 Å². The normalized spacial score (nSPS) is 12.2. The Hall–Kier alpha value is -1.62. The lowest BCUT2D eigenvalue weighted by atomic mass is 10.2. The highest BCUT2D eigenvalue weighted by Crippen LogP contribution is 2.26. The van der Waals surface area contributed by atoms with Gasteiger partial charge < -0.3 is 10.6 Å². The Bertz CT molecular complexity index is 525. The molecule has 0 aliphatic rings. The standard InChI is InChI=1S/C15H22N4S/c1-4-8-16-14-10-15(18-11(3)17-14)19-12(5-2)13-7-6-9-20-13/h6-7,9-10,12H,4-5,8H2,1-3H3,(H2,16,17,18,19). The third-order valence-electron chi connectivity index (χ3n) is 3.01. The molecule has 0 spiro atoms. The summed E-state index contributed by atoms with van der Waals surface area (Å²) in [5, 5.41) is 8.93. The quantitative estimate of drug-likeness (QED) is 0.801. The van der Waals surface area contributed by atoms with Crippen LogP contribution in [0.5, 0.6) is 0 Å². The minimum absolute atomic E-state index is 0.309. The molecule has 0 radical (unpaired) electrons. The van der Waals surface area contributed by atoms with Crippen LogP contribution in [0, 0.1) is 6.92 Å². The molecule has 0 saturated carbocycles. The molecule has 0 aliphatic heterocycles. The van der Waals surface area contributed by atoms with Crippen molar-refractivity contribution in [2.75, 3.05) is 17.2 Å². The Morgan fingerprint density at radius 2 is 2.05 bits per heavy atom. The molecule has 2 heterocycles. The van der Waals surface area contributed by atoms with Crippen molar-refractivity contribution in [1.82, 2.24) is 9.97 Å². The number of rotatable bonds is 7. The molecule has 0 aliphatic carbocycles. The molecule has 0 aromatic carbocycles. The van der Waals surface area contributed by atoms with E-state index in [9.17, 15) is 0 Å². The fourth-order valence-electron chi connectivity index (χ4n) is 2.03. The first kappa shape index (κ1) is 14.8. The topological polar surface area (TPSA) is 49.8 Å². The zero-order chi connectivity index (χ0) is 14.4. The minimum atomic E-state index is 0.309. The second-order valence-corrected chi connectivity index (χ2v) is 5.71. The van der Waals surface area contributed by atoms with Crippen LogP contribution < -0.4 is 10.6 Å². The van der Waals surface area contributed by atoms with Gasteiger partial charge >= 0.3 is 0 Å². The molecule has 5 heteroatoms. The average Bonchev–Trinajstić information content (AvgIpc) is 2.96. The summed E-state index contributed by atoms with van der Waals surface area (Å²) in [6.45, 7) is 7.18. The molecule has 2 aromatic rings. The molecule has 1 unspecified atom stereocenters. The molecule has 0 amide bonds. The smallest absolute Gasteiger partial charge is 0.132 e. The fourth-order valence-corrected chi connectivity index (χ4v) is 2.89. The molecule has 2 N–H and O–H groups in total. The number of aromatic nitrogens is 2. The zero-order valence-corrected chi connectivity index (χ0v) is 13.1. The molecule has 108 valence electrons. The summed E-state index contributed by atoms with van der Waals surface area (Å²) < 4.78 is 0. The van der Waals surface area contributed by atoms with Gasteiger partial charge in [-0.3, -0.25) is 0 Å². The van der Waals surface area contributed by atoms with Crippen molar-refractivity contribution in [3.05, 3.63) is 34.3 Å². The second-order valence-electron chi connectivity index (χ2n) is 4.73. The number of nitrogens with one attached hydrogen (secondary N) is 2. The first-order valence-electron chi connectivity index (χ1n) is 7.12. The number of hydrogen-bond acceptors (Lipinski definition) is 5. The van der Waals surface area contributed by atoms with Crippen molar-refractivity contribution in [2.24, 2.45) is 0 Å². The number of hydrogen-bond donors (Lipinski definition) is 2. The maximum absolute atomic E-state index is 4.48. The Morgan fingerprint density at radius 3 is 2.70 bits per heavy atom. The Labute approximate surface area is 124 Å². The highest BCUT2D eigenvalue weighted by Gasteiger charge is 2.11. The van der Waals surface area contributed by atoms with Gasteiger partial charge in [-0.1, -0.05) is 19.9 Å². The van der Waals surface area contributed by atoms with Crippen molar-refractivity contribution in [3.63, 3.8) is 0 Å². The number of nitrogens with zero attached hydrogens (tertiary/aromatic N) is 2. The van der Waals surface area contributed by atoms with Crippen LogP contribution in [0.15, 0.2) is 23.6 Å². The van der Waals surface area contributed by atoms with E-state index in [4.69, 9.17) is 0 Å². The highest BCUT2D eigenvalue weighted by atomic mass is 32.1. The largest absolute Gasteiger partial charge is 0.370 e. The third kappa shape index (κ3) is 3.93. The van der Waals surface area contributed by atoms with Crippen molar-refractivity contribution < 1.29 is 0 Å². The van der Waals surface area contributed by atoms with Crippen LogP contribution in [-0.4, -0.2) is 16.5 Å². The maximum Gasteiger partial charge on any atom is 0.132 e. The van der Waals surface area contributed by atoms with Crippen molar-refractivity contribution in [3.8, 4) is 0 Å². The Morgan fingerprint density at radius 1 is 1.25 bits per heavy atom. The lowest BCUT2D eigenvalue weighted by Crippen LogP contribution is -2.11. The summed E-state index contributed by atoms with van der Waals surface area (Å²) in [5.74, 6) is 2.56. The van der Waals surface area contributed by atoms with Gasteiger partial charge in [0.15, 0.2) is 0 Å². The number of anilines is 2. The predicted molar refractivity (Wildman–Crippen MR) is 86.5 cm³/mol. The van der Waals surface area contributed by atoms with Gasteiger partial charge in [-0.25, -0.2) is 9.97 Å². The van der Waals surface area contributed by atoms with E-state index in [1.807, 2.05) is 13.0 Å². The fraction of sp³-hybridized carbons (Fsp3) is 0.467. The van der Waals surface area contributed by atoms with E-state index in [1.54, 1.807) is 11.3 Å². The van der Waals surface area contributed by atoms with Crippen molar-refractivity contribution in [2.45, 2.75) is 39.7 Å². The third-order valence-corrected chi connectivity index (χ3v) is 4.00. The number of aryl methyl sites for hydroxylation is 1. The lowest BCUT2D eigenvalue weighted by molar-refractivity contribution is 0.756. The molecule has 4 nitrogen and oxygen atoms in total. The van der Waals surface area contributed by atoms with Gasteiger partial charge in [-0.05, 0) is 31.2 Å². The summed E-state index contributed by atoms with van der Waals surface area (Å²) in [6, 6.07) is 6.54. The van der Waals surface area contributed by atoms with Crippen LogP contribution in [0.3, 0.4) is 0 Å². The molecule has 2 rings (SSSR count). The van der Waals surface area contributed by atoms with Crippen molar-refractivity contribution >= 4 is 23.0 Å². The van der Waals surface area contributed by atoms with E-state index in [0.29, 0.717) is 6.04 Å². The van der Waals surface area contributed by atoms with Crippen LogP contribution >= 0.6 is 11.3 Å². The van der Waals surface area contributed by atoms with Crippen molar-refractivity contribution in [1.29, 1.82) is 0 Å². The molecular formula is C15H22N4S. The molecule has 0 bridgehead atoms. The van der Waals surface area contributed by atoms with Gasteiger partial charge in [0.2, 0.25) is 0 Å². The molecule has 20 heavy (non-hydrogen) atoms. The predicted octanol–water partition coefficient (Wildman–Crippen LogP) is 4.23. The van der Waals surface area contributed by atoms with Crippen LogP contribution in [0.1, 0.15) is 43.4 Å². The maximum atomic E-state index is 4.48. The van der Waals surface area contributed by atoms with Gasteiger partial charge in [0.25, 0.3) is 0 Å². The van der Waals surface area contributed by atoms with Crippen LogP contribution in [0.25, 0.3) is 0 Å². The number of thiophene rings is 1. The van der Waals surface area contributed by atoms with E-state index < -0.39 is 0 Å². The summed E-state index contributed by atoms with van der Waals surface area (Å²) in [4.78, 5) is 10.2.